The first-order chi connectivity index (χ1) is 13.0. The van der Waals surface area contributed by atoms with Gasteiger partial charge in [0.2, 0.25) is 5.91 Å². The average molecular weight is 376 g/mol. The van der Waals surface area contributed by atoms with Gasteiger partial charge in [0, 0.05) is 6.61 Å². The molecular formula is C16H25BN6O4. The molecule has 0 aliphatic carbocycles. The number of unbranched alkanes of at least 4 members (excludes halogenated alkanes) is 1. The summed E-state index contributed by atoms with van der Waals surface area (Å²) in [4.78, 5) is 12.3. The van der Waals surface area contributed by atoms with E-state index in [2.05, 4.69) is 25.5 Å². The summed E-state index contributed by atoms with van der Waals surface area (Å²) >= 11 is 0. The molecule has 0 saturated heterocycles. The van der Waals surface area contributed by atoms with E-state index in [9.17, 15) is 4.79 Å². The van der Waals surface area contributed by atoms with Crippen LogP contribution in [0.5, 0.6) is 0 Å². The van der Waals surface area contributed by atoms with Gasteiger partial charge < -0.3 is 25.8 Å². The van der Waals surface area contributed by atoms with Gasteiger partial charge in [-0.25, -0.2) is 4.68 Å². The molecule has 0 aliphatic heterocycles. The van der Waals surface area contributed by atoms with E-state index in [1.54, 1.807) is 0 Å². The number of amides is 1. The van der Waals surface area contributed by atoms with E-state index in [-0.39, 0.29) is 25.1 Å². The van der Waals surface area contributed by atoms with Gasteiger partial charge in [0.05, 0.1) is 12.1 Å². The van der Waals surface area contributed by atoms with E-state index in [0.717, 1.165) is 5.56 Å². The molecule has 0 fully saturated rings. The molecule has 1 heterocycles. The van der Waals surface area contributed by atoms with Crippen molar-refractivity contribution in [2.75, 3.05) is 6.61 Å². The molecule has 0 spiro atoms. The molecule has 1 aromatic carbocycles. The second-order valence-corrected chi connectivity index (χ2v) is 6.19. The van der Waals surface area contributed by atoms with Crippen LogP contribution in [0.15, 0.2) is 30.3 Å². The largest absolute Gasteiger partial charge is 0.633 e. The van der Waals surface area contributed by atoms with E-state index < -0.39 is 13.4 Å². The molecule has 0 radical (unpaired) electrons. The number of nitrogens with zero attached hydrogens (tertiary/aromatic N) is 4. The van der Waals surface area contributed by atoms with Gasteiger partial charge >= 0.3 is 7.32 Å². The zero-order chi connectivity index (χ0) is 19.6. The van der Waals surface area contributed by atoms with Crippen molar-refractivity contribution in [2.45, 2.75) is 44.8 Å². The number of carbonyl (C=O) groups excluding carboxylic acids is 1. The van der Waals surface area contributed by atoms with Crippen molar-refractivity contribution in [1.82, 2.24) is 25.5 Å². The molecule has 146 valence electrons. The molecule has 11 heteroatoms. The van der Waals surface area contributed by atoms with Crippen LogP contribution in [0.2, 0.25) is 0 Å². The van der Waals surface area contributed by atoms with Gasteiger partial charge in [0.1, 0.15) is 6.54 Å². The summed E-state index contributed by atoms with van der Waals surface area (Å²) in [6, 6.07) is 9.09. The first kappa shape index (κ1) is 21.0. The standard InChI is InChI=1S/C16H25BN6O4/c1-12(13-7-3-2-4-8-13)19-15(24)11-23-16(20-21-22-23)14(18)9-5-6-10-27-17(25)26/h2-4,7-8,12,14,25-26H,5-6,9-11,18H2,1H3,(H,19,24)/t12-,14?/m0/s1. The normalized spacial score (nSPS) is 13.2. The quantitative estimate of drug-likeness (QED) is 0.309. The van der Waals surface area contributed by atoms with Crippen LogP contribution >= 0.6 is 0 Å². The lowest BCUT2D eigenvalue weighted by atomic mass is 10.1. The Labute approximate surface area is 157 Å². The zero-order valence-corrected chi connectivity index (χ0v) is 15.2. The molecule has 1 aromatic heterocycles. The summed E-state index contributed by atoms with van der Waals surface area (Å²) in [5.41, 5.74) is 7.12. The summed E-state index contributed by atoms with van der Waals surface area (Å²) in [7, 11) is -1.76. The van der Waals surface area contributed by atoms with Crippen molar-refractivity contribution in [1.29, 1.82) is 0 Å². The maximum atomic E-state index is 12.3. The number of benzene rings is 1. The second-order valence-electron chi connectivity index (χ2n) is 6.19. The maximum absolute atomic E-state index is 12.3. The summed E-state index contributed by atoms with van der Waals surface area (Å²) in [5.74, 6) is 0.220. The Morgan fingerprint density at radius 2 is 2.07 bits per heavy atom. The zero-order valence-electron chi connectivity index (χ0n) is 15.2. The number of carbonyl (C=O) groups is 1. The van der Waals surface area contributed by atoms with Crippen LogP contribution in [0.25, 0.3) is 0 Å². The van der Waals surface area contributed by atoms with Crippen LogP contribution in [-0.2, 0) is 16.0 Å². The average Bonchev–Trinajstić information content (AvgIpc) is 3.09. The Kier molecular flexibility index (Phi) is 8.33. The number of rotatable bonds is 11. The van der Waals surface area contributed by atoms with Gasteiger partial charge in [0.15, 0.2) is 5.82 Å². The fourth-order valence-corrected chi connectivity index (χ4v) is 2.62. The van der Waals surface area contributed by atoms with Gasteiger partial charge in [-0.2, -0.15) is 0 Å². The smallest absolute Gasteiger partial charge is 0.402 e. The predicted molar refractivity (Wildman–Crippen MR) is 97.7 cm³/mol. The molecular weight excluding hydrogens is 351 g/mol. The van der Waals surface area contributed by atoms with Crippen LogP contribution < -0.4 is 11.1 Å². The summed E-state index contributed by atoms with van der Waals surface area (Å²) in [6.07, 6.45) is 1.88. The monoisotopic (exact) mass is 376 g/mol. The molecule has 0 bridgehead atoms. The molecule has 1 unspecified atom stereocenters. The molecule has 2 atom stereocenters. The third kappa shape index (κ3) is 7.06. The molecule has 0 saturated carbocycles. The van der Waals surface area contributed by atoms with E-state index in [4.69, 9.17) is 15.8 Å². The highest BCUT2D eigenvalue weighted by atomic mass is 16.6. The molecule has 5 N–H and O–H groups in total. The number of nitrogens with two attached hydrogens (primary N) is 1. The number of tetrazole rings is 1. The van der Waals surface area contributed by atoms with Crippen LogP contribution in [0, 0.1) is 0 Å². The third-order valence-electron chi connectivity index (χ3n) is 4.04. The van der Waals surface area contributed by atoms with Crippen molar-refractivity contribution in [3.63, 3.8) is 0 Å². The minimum Gasteiger partial charge on any atom is -0.402 e. The highest BCUT2D eigenvalue weighted by Crippen LogP contribution is 2.14. The van der Waals surface area contributed by atoms with Gasteiger partial charge in [0.25, 0.3) is 0 Å². The predicted octanol–water partition coefficient (Wildman–Crippen LogP) is -0.293. The van der Waals surface area contributed by atoms with Crippen molar-refractivity contribution < 1.29 is 19.5 Å². The van der Waals surface area contributed by atoms with Crippen LogP contribution in [0.4, 0.5) is 0 Å². The molecule has 27 heavy (non-hydrogen) atoms. The minimum atomic E-state index is -1.76. The summed E-state index contributed by atoms with van der Waals surface area (Å²) in [5, 5.41) is 31.5. The van der Waals surface area contributed by atoms with Crippen LogP contribution in [0.3, 0.4) is 0 Å². The molecule has 10 nitrogen and oxygen atoms in total. The Morgan fingerprint density at radius 1 is 1.33 bits per heavy atom. The number of hydrogen-bond donors (Lipinski definition) is 4. The van der Waals surface area contributed by atoms with Gasteiger partial charge in [-0.1, -0.05) is 30.3 Å². The topological polar surface area (TPSA) is 148 Å². The Bertz CT molecular complexity index is 699. The van der Waals surface area contributed by atoms with Crippen molar-refractivity contribution in [3.05, 3.63) is 41.7 Å². The van der Waals surface area contributed by atoms with E-state index in [0.29, 0.717) is 25.1 Å². The lowest BCUT2D eigenvalue weighted by molar-refractivity contribution is -0.122. The van der Waals surface area contributed by atoms with Crippen molar-refractivity contribution in [2.24, 2.45) is 5.73 Å². The third-order valence-corrected chi connectivity index (χ3v) is 4.04. The molecule has 1 amide bonds. The van der Waals surface area contributed by atoms with E-state index >= 15 is 0 Å². The summed E-state index contributed by atoms with van der Waals surface area (Å²) in [6.45, 7) is 2.10. The van der Waals surface area contributed by atoms with Crippen LogP contribution in [-0.4, -0.2) is 50.1 Å². The van der Waals surface area contributed by atoms with Crippen molar-refractivity contribution in [3.8, 4) is 0 Å². The lowest BCUT2D eigenvalue weighted by Gasteiger charge is -2.15. The summed E-state index contributed by atoms with van der Waals surface area (Å²) < 4.78 is 6.03. The number of hydrogen-bond acceptors (Lipinski definition) is 8. The van der Waals surface area contributed by atoms with Crippen LogP contribution in [0.1, 0.15) is 49.7 Å². The molecule has 2 aromatic rings. The van der Waals surface area contributed by atoms with Gasteiger partial charge in [-0.15, -0.1) is 5.10 Å². The molecule has 2 rings (SSSR count). The fourth-order valence-electron chi connectivity index (χ4n) is 2.62. The Balaban J connectivity index is 1.82. The second kappa shape index (κ2) is 10.7. The number of aromatic nitrogens is 4. The van der Waals surface area contributed by atoms with Crippen molar-refractivity contribution >= 4 is 13.2 Å². The Morgan fingerprint density at radius 3 is 2.78 bits per heavy atom. The number of nitrogens with one attached hydrogen (secondary N) is 1. The first-order valence-electron chi connectivity index (χ1n) is 8.81. The van der Waals surface area contributed by atoms with Gasteiger partial charge in [-0.3, -0.25) is 4.79 Å². The maximum Gasteiger partial charge on any atom is 0.633 e. The minimum absolute atomic E-state index is 0.0208. The highest BCUT2D eigenvalue weighted by Gasteiger charge is 2.18. The molecule has 0 aliphatic rings. The van der Waals surface area contributed by atoms with E-state index in [1.165, 1.54) is 4.68 Å². The van der Waals surface area contributed by atoms with Gasteiger partial charge in [-0.05, 0) is 42.2 Å². The van der Waals surface area contributed by atoms with E-state index in [1.807, 2.05) is 37.3 Å². The fraction of sp³-hybridized carbons (Fsp3) is 0.500. The Hall–Kier alpha value is -2.34. The SMILES string of the molecule is C[C@H](NC(=O)Cn1nnnc1C(N)CCCCOB(O)O)c1ccccc1. The highest BCUT2D eigenvalue weighted by molar-refractivity contribution is 6.32. The first-order valence-corrected chi connectivity index (χ1v) is 8.81. The lowest BCUT2D eigenvalue weighted by Crippen LogP contribution is -2.31.